The van der Waals surface area contributed by atoms with Gasteiger partial charge < -0.3 is 34.5 Å². The van der Waals surface area contributed by atoms with Gasteiger partial charge in [0.15, 0.2) is 0 Å². The number of hydrogen-bond acceptors (Lipinski definition) is 9. The van der Waals surface area contributed by atoms with Gasteiger partial charge in [-0.1, -0.05) is 19.1 Å². The van der Waals surface area contributed by atoms with Crippen molar-refractivity contribution in [3.05, 3.63) is 29.8 Å². The Bertz CT molecular complexity index is 1290. The van der Waals surface area contributed by atoms with Crippen molar-refractivity contribution in [2.75, 3.05) is 39.7 Å². The number of ether oxygens (including phenoxy) is 4. The van der Waals surface area contributed by atoms with Gasteiger partial charge in [-0.2, -0.15) is 0 Å². The third kappa shape index (κ3) is 3.21. The molecular formula is C32H44N2O8. The number of likely N-dealkylation sites (tertiary alicyclic amines) is 1. The maximum absolute atomic E-state index is 14.0. The van der Waals surface area contributed by atoms with E-state index in [1.807, 2.05) is 0 Å². The SMILES string of the molecule is CCN1C[C@@]2(OC(=O)c3ccccc3NC(C)=O)CC[C@H](OC)[C@]34C1[C@@H](C[C@H]23)[C@@]1(O)C[C@H](OC)[C@H]2C[C@@H]4[C@]1(O)[C@H]2OC. The van der Waals surface area contributed by atoms with Crippen LogP contribution in [0.1, 0.15) is 56.3 Å². The summed E-state index contributed by atoms with van der Waals surface area (Å²) in [6.07, 6.45) is 1.91. The number of aliphatic hydroxyl groups is 2. The summed E-state index contributed by atoms with van der Waals surface area (Å²) in [6, 6.07) is 6.89. The zero-order valence-electron chi connectivity index (χ0n) is 25.2. The third-order valence-corrected chi connectivity index (χ3v) is 12.6. The first-order chi connectivity index (χ1) is 20.1. The molecule has 1 aromatic rings. The van der Waals surface area contributed by atoms with Crippen molar-refractivity contribution in [3.63, 3.8) is 0 Å². The van der Waals surface area contributed by atoms with Crippen LogP contribution < -0.4 is 5.32 Å². The summed E-state index contributed by atoms with van der Waals surface area (Å²) in [5.41, 5.74) is -3.57. The molecule has 0 radical (unpaired) electrons. The lowest BCUT2D eigenvalue weighted by Gasteiger charge is -2.70. The van der Waals surface area contributed by atoms with Gasteiger partial charge in [-0.05, 0) is 44.4 Å². The normalized spacial score (nSPS) is 48.2. The molecule has 1 aliphatic heterocycles. The molecule has 1 amide bonds. The number of amides is 1. The minimum Gasteiger partial charge on any atom is -0.454 e. The zero-order valence-corrected chi connectivity index (χ0v) is 25.2. The number of carbonyl (C=O) groups excluding carboxylic acids is 2. The van der Waals surface area contributed by atoms with Crippen LogP contribution in [0.15, 0.2) is 24.3 Å². The maximum Gasteiger partial charge on any atom is 0.340 e. The highest BCUT2D eigenvalue weighted by Gasteiger charge is 2.89. The molecule has 6 aliphatic rings. The van der Waals surface area contributed by atoms with Gasteiger partial charge >= 0.3 is 5.97 Å². The quantitative estimate of drug-likeness (QED) is 0.414. The predicted molar refractivity (Wildman–Crippen MR) is 152 cm³/mol. The van der Waals surface area contributed by atoms with Crippen LogP contribution in [0, 0.1) is 29.1 Å². The number of likely N-dealkylation sites (N-methyl/N-ethyl adjacent to an activating group) is 1. The third-order valence-electron chi connectivity index (χ3n) is 12.6. The van der Waals surface area contributed by atoms with E-state index in [1.54, 1.807) is 45.6 Å². The maximum atomic E-state index is 14.0. The molecule has 6 fully saturated rings. The van der Waals surface area contributed by atoms with E-state index < -0.39 is 34.3 Å². The van der Waals surface area contributed by atoms with Crippen molar-refractivity contribution in [1.29, 1.82) is 0 Å². The predicted octanol–water partition coefficient (Wildman–Crippen LogP) is 2.22. The Balaban J connectivity index is 1.38. The van der Waals surface area contributed by atoms with Crippen LogP contribution >= 0.6 is 0 Å². The molecule has 10 heteroatoms. The van der Waals surface area contributed by atoms with Crippen LogP contribution in [0.3, 0.4) is 0 Å². The standard InChI is InChI=1S/C32H44N2O8/c1-6-34-16-29(42-28(36)18-9-7-8-10-21(18)33-17(2)35)12-11-25(40-4)31-23(29)14-20(26(31)34)30(37)15-22(39-3)19-13-24(31)32(30,38)27(19)41-5/h7-10,19-20,22-27,37-38H,6,11-16H2,1-5H3,(H,33,35)/t19-,20-,22+,23-,24+,25+,26?,27+,29+,30+,31+,32+/m1/s1. The van der Waals surface area contributed by atoms with Crippen molar-refractivity contribution < 1.29 is 38.7 Å². The second-order valence-electron chi connectivity index (χ2n) is 13.7. The minimum absolute atomic E-state index is 0.0432. The van der Waals surface area contributed by atoms with E-state index in [1.165, 1.54) is 6.92 Å². The van der Waals surface area contributed by atoms with Crippen LogP contribution in [0.2, 0.25) is 0 Å². The largest absolute Gasteiger partial charge is 0.454 e. The number of fused-ring (bicyclic) bond motifs is 2. The van der Waals surface area contributed by atoms with Crippen molar-refractivity contribution in [2.24, 2.45) is 29.1 Å². The van der Waals surface area contributed by atoms with Gasteiger partial charge in [0.1, 0.15) is 16.8 Å². The van der Waals surface area contributed by atoms with Crippen LogP contribution in [0.5, 0.6) is 0 Å². The highest BCUT2D eigenvalue weighted by atomic mass is 16.6. The molecule has 1 spiro atoms. The average Bonchev–Trinajstić information content (AvgIpc) is 3.39. The Hall–Kier alpha value is -2.08. The van der Waals surface area contributed by atoms with E-state index >= 15 is 0 Å². The number of methoxy groups -OCH3 is 3. The number of carbonyl (C=O) groups is 2. The number of nitrogens with zero attached hydrogens (tertiary/aromatic N) is 1. The molecule has 1 saturated heterocycles. The number of esters is 1. The minimum atomic E-state index is -1.48. The first kappa shape index (κ1) is 28.7. The highest BCUT2D eigenvalue weighted by molar-refractivity contribution is 6.00. The first-order valence-corrected chi connectivity index (χ1v) is 15.4. The zero-order chi connectivity index (χ0) is 29.8. The van der Waals surface area contributed by atoms with Gasteiger partial charge in [-0.15, -0.1) is 0 Å². The fraction of sp³-hybridized carbons (Fsp3) is 0.750. The van der Waals surface area contributed by atoms with Crippen molar-refractivity contribution in [1.82, 2.24) is 4.90 Å². The summed E-state index contributed by atoms with van der Waals surface area (Å²) in [5, 5.41) is 28.4. The molecular weight excluding hydrogens is 540 g/mol. The lowest BCUT2D eigenvalue weighted by molar-refractivity contribution is -0.337. The fourth-order valence-corrected chi connectivity index (χ4v) is 11.6. The first-order valence-electron chi connectivity index (χ1n) is 15.4. The molecule has 7 bridgehead atoms. The lowest BCUT2D eigenvalue weighted by Crippen LogP contribution is -2.83. The van der Waals surface area contributed by atoms with Gasteiger partial charge in [0.25, 0.3) is 0 Å². The summed E-state index contributed by atoms with van der Waals surface area (Å²) in [7, 11) is 5.05. The monoisotopic (exact) mass is 584 g/mol. The summed E-state index contributed by atoms with van der Waals surface area (Å²) >= 11 is 0. The molecule has 5 saturated carbocycles. The van der Waals surface area contributed by atoms with E-state index in [9.17, 15) is 19.8 Å². The number of nitrogens with one attached hydrogen (secondary N) is 1. The Morgan fingerprint density at radius 3 is 2.50 bits per heavy atom. The van der Waals surface area contributed by atoms with Gasteiger partial charge in [0, 0.05) is 76.3 Å². The average molecular weight is 585 g/mol. The Morgan fingerprint density at radius 1 is 1.07 bits per heavy atom. The number of anilines is 1. The van der Waals surface area contributed by atoms with Crippen LogP contribution in [-0.4, -0.2) is 103 Å². The summed E-state index contributed by atoms with van der Waals surface area (Å²) < 4.78 is 25.1. The second kappa shape index (κ2) is 9.46. The van der Waals surface area contributed by atoms with Crippen molar-refractivity contribution >= 4 is 17.6 Å². The van der Waals surface area contributed by atoms with Gasteiger partial charge in [-0.25, -0.2) is 4.79 Å². The van der Waals surface area contributed by atoms with E-state index in [-0.39, 0.29) is 47.8 Å². The van der Waals surface area contributed by atoms with Crippen LogP contribution in [0.25, 0.3) is 0 Å². The Morgan fingerprint density at radius 2 is 1.83 bits per heavy atom. The van der Waals surface area contributed by atoms with Gasteiger partial charge in [0.2, 0.25) is 5.91 Å². The summed E-state index contributed by atoms with van der Waals surface area (Å²) in [6.45, 7) is 4.79. The molecule has 1 unspecified atom stereocenters. The number of hydrogen-bond donors (Lipinski definition) is 3. The summed E-state index contributed by atoms with van der Waals surface area (Å²) in [5.74, 6) is -1.54. The molecule has 1 heterocycles. The number of benzene rings is 1. The number of piperidine rings is 1. The number of rotatable bonds is 7. The highest BCUT2D eigenvalue weighted by Crippen LogP contribution is 2.79. The molecule has 230 valence electrons. The Labute approximate surface area is 247 Å². The lowest BCUT2D eigenvalue weighted by atomic mass is 9.44. The van der Waals surface area contributed by atoms with Gasteiger partial charge in [-0.3, -0.25) is 9.69 Å². The van der Waals surface area contributed by atoms with Crippen molar-refractivity contribution in [3.8, 4) is 0 Å². The topological polar surface area (TPSA) is 127 Å². The van der Waals surface area contributed by atoms with E-state index in [0.717, 1.165) is 0 Å². The van der Waals surface area contributed by atoms with Crippen LogP contribution in [-0.2, 0) is 23.7 Å². The molecule has 7 rings (SSSR count). The molecule has 42 heavy (non-hydrogen) atoms. The number of para-hydroxylation sites is 1. The molecule has 1 aromatic carbocycles. The molecule has 5 aliphatic carbocycles. The van der Waals surface area contributed by atoms with Crippen LogP contribution in [0.4, 0.5) is 5.69 Å². The van der Waals surface area contributed by atoms with Crippen molar-refractivity contribution in [2.45, 2.75) is 87.1 Å². The van der Waals surface area contributed by atoms with E-state index in [4.69, 9.17) is 18.9 Å². The van der Waals surface area contributed by atoms with E-state index in [2.05, 4.69) is 17.1 Å². The summed E-state index contributed by atoms with van der Waals surface area (Å²) in [4.78, 5) is 28.3. The molecule has 10 nitrogen and oxygen atoms in total. The Kier molecular flexibility index (Phi) is 6.46. The van der Waals surface area contributed by atoms with Gasteiger partial charge in [0.05, 0.1) is 29.6 Å². The molecule has 12 atom stereocenters. The molecule has 0 aromatic heterocycles. The molecule has 3 N–H and O–H groups in total. The fourth-order valence-electron chi connectivity index (χ4n) is 11.6. The smallest absolute Gasteiger partial charge is 0.340 e. The second-order valence-corrected chi connectivity index (χ2v) is 13.7. The van der Waals surface area contributed by atoms with E-state index in [0.29, 0.717) is 56.4 Å².